The zero-order valence-corrected chi connectivity index (χ0v) is 16.5. The van der Waals surface area contributed by atoms with E-state index in [1.165, 1.54) is 31.0 Å². The average molecular weight is 376 g/mol. The Labute approximate surface area is 159 Å². The van der Waals surface area contributed by atoms with E-state index in [4.69, 9.17) is 17.0 Å². The number of carbonyl (C=O) groups is 1. The first-order valence-electron chi connectivity index (χ1n) is 9.12. The first-order chi connectivity index (χ1) is 12.1. The van der Waals surface area contributed by atoms with Gasteiger partial charge in [0.15, 0.2) is 0 Å². The van der Waals surface area contributed by atoms with Gasteiger partial charge in [-0.15, -0.1) is 0 Å². The molecule has 0 aromatic heterocycles. The minimum Gasteiger partial charge on any atom is -0.491 e. The van der Waals surface area contributed by atoms with Gasteiger partial charge < -0.3 is 4.74 Å². The van der Waals surface area contributed by atoms with Gasteiger partial charge in [0.05, 0.1) is 11.0 Å². The molecule has 1 aliphatic carbocycles. The largest absolute Gasteiger partial charge is 0.491 e. The number of amides is 1. The van der Waals surface area contributed by atoms with Gasteiger partial charge in [0.25, 0.3) is 5.91 Å². The Morgan fingerprint density at radius 3 is 2.60 bits per heavy atom. The first kappa shape index (κ1) is 18.5. The molecule has 1 atom stereocenters. The molecule has 1 aromatic rings. The average Bonchev–Trinajstić information content (AvgIpc) is 2.90. The van der Waals surface area contributed by atoms with Gasteiger partial charge in [-0.2, -0.15) is 0 Å². The van der Waals surface area contributed by atoms with Gasteiger partial charge in [-0.3, -0.25) is 9.69 Å². The smallest absolute Gasteiger partial charge is 0.266 e. The Bertz CT molecular complexity index is 663. The first-order valence-corrected chi connectivity index (χ1v) is 10.3. The maximum absolute atomic E-state index is 12.8. The number of benzene rings is 1. The van der Waals surface area contributed by atoms with Crippen LogP contribution >= 0.6 is 24.0 Å². The second-order valence-electron chi connectivity index (χ2n) is 6.75. The third-order valence-corrected chi connectivity index (χ3v) is 6.18. The van der Waals surface area contributed by atoms with Crippen molar-refractivity contribution in [1.29, 1.82) is 0 Å². The van der Waals surface area contributed by atoms with E-state index < -0.39 is 0 Å². The highest BCUT2D eigenvalue weighted by molar-refractivity contribution is 8.26. The van der Waals surface area contributed by atoms with E-state index in [0.29, 0.717) is 10.4 Å². The van der Waals surface area contributed by atoms with Crippen molar-refractivity contribution in [2.45, 2.75) is 64.5 Å². The van der Waals surface area contributed by atoms with Crippen LogP contribution in [0.15, 0.2) is 29.2 Å². The molecule has 1 amide bonds. The molecule has 1 saturated carbocycles. The van der Waals surface area contributed by atoms with Crippen LogP contribution < -0.4 is 4.74 Å². The molecule has 0 bridgehead atoms. The summed E-state index contributed by atoms with van der Waals surface area (Å²) in [4.78, 5) is 15.4. The van der Waals surface area contributed by atoms with E-state index in [2.05, 4.69) is 13.8 Å². The quantitative estimate of drug-likeness (QED) is 0.509. The van der Waals surface area contributed by atoms with Crippen molar-refractivity contribution < 1.29 is 9.53 Å². The summed E-state index contributed by atoms with van der Waals surface area (Å²) in [6.45, 7) is 4.16. The zero-order chi connectivity index (χ0) is 17.8. The maximum Gasteiger partial charge on any atom is 0.266 e. The van der Waals surface area contributed by atoms with Crippen LogP contribution in [0.3, 0.4) is 0 Å². The molecule has 1 heterocycles. The van der Waals surface area contributed by atoms with Crippen LogP contribution in [0.2, 0.25) is 0 Å². The van der Waals surface area contributed by atoms with Crippen LogP contribution in [0.1, 0.15) is 57.9 Å². The van der Waals surface area contributed by atoms with Crippen LogP contribution in [-0.2, 0) is 4.79 Å². The molecule has 5 heteroatoms. The fourth-order valence-corrected chi connectivity index (χ4v) is 4.64. The lowest BCUT2D eigenvalue weighted by Crippen LogP contribution is -2.39. The summed E-state index contributed by atoms with van der Waals surface area (Å²) < 4.78 is 6.51. The topological polar surface area (TPSA) is 29.5 Å². The van der Waals surface area contributed by atoms with Crippen molar-refractivity contribution in [1.82, 2.24) is 4.90 Å². The van der Waals surface area contributed by atoms with E-state index in [9.17, 15) is 4.79 Å². The molecule has 0 radical (unpaired) electrons. The molecule has 1 saturated heterocycles. The van der Waals surface area contributed by atoms with Crippen molar-refractivity contribution in [3.63, 3.8) is 0 Å². The van der Waals surface area contributed by atoms with Gasteiger partial charge in [0, 0.05) is 6.04 Å². The summed E-state index contributed by atoms with van der Waals surface area (Å²) in [5, 5.41) is 0. The van der Waals surface area contributed by atoms with Gasteiger partial charge in [-0.1, -0.05) is 62.3 Å². The Balaban J connectivity index is 1.71. The molecule has 0 N–H and O–H groups in total. The normalized spacial score (nSPS) is 21.8. The molecule has 134 valence electrons. The van der Waals surface area contributed by atoms with Crippen LogP contribution in [0.4, 0.5) is 0 Å². The number of nitrogens with zero attached hydrogens (tertiary/aromatic N) is 1. The molecule has 1 aliphatic heterocycles. The summed E-state index contributed by atoms with van der Waals surface area (Å²) in [5.41, 5.74) is 1.00. The molecule has 2 aliphatic rings. The molecule has 1 aromatic carbocycles. The number of carbonyl (C=O) groups excluding carboxylic acids is 1. The van der Waals surface area contributed by atoms with Gasteiger partial charge in [0.2, 0.25) is 0 Å². The Morgan fingerprint density at radius 1 is 1.28 bits per heavy atom. The molecule has 3 nitrogen and oxygen atoms in total. The third kappa shape index (κ3) is 4.45. The minimum atomic E-state index is 0.0711. The number of thioether (sulfide) groups is 1. The summed E-state index contributed by atoms with van der Waals surface area (Å²) in [6.07, 6.45) is 8.92. The lowest BCUT2D eigenvalue weighted by Gasteiger charge is -2.29. The highest BCUT2D eigenvalue weighted by Gasteiger charge is 2.37. The number of hydrogen-bond acceptors (Lipinski definition) is 4. The molecular weight excluding hydrogens is 350 g/mol. The number of hydrogen-bond donors (Lipinski definition) is 0. The standard InChI is InChI=1S/C20H25NO2S2/c1-3-14(2)23-17-11-9-15(10-12-17)13-18-19(22)21(20(24)25-18)16-7-5-4-6-8-16/h9-14,16H,3-8H2,1-2H3/b18-13+/t14-/m0/s1. The second kappa shape index (κ2) is 8.37. The van der Waals surface area contributed by atoms with E-state index in [0.717, 1.165) is 35.5 Å². The lowest BCUT2D eigenvalue weighted by atomic mass is 9.94. The molecule has 0 spiro atoms. The van der Waals surface area contributed by atoms with Crippen molar-refractivity contribution in [2.75, 3.05) is 0 Å². The van der Waals surface area contributed by atoms with Crippen molar-refractivity contribution in [3.05, 3.63) is 34.7 Å². The molecular formula is C20H25NO2S2. The SMILES string of the molecule is CC[C@H](C)Oc1ccc(/C=C2/SC(=S)N(C3CCCCC3)C2=O)cc1. The summed E-state index contributed by atoms with van der Waals surface area (Å²) >= 11 is 6.91. The molecule has 3 rings (SSSR count). The summed E-state index contributed by atoms with van der Waals surface area (Å²) in [7, 11) is 0. The monoisotopic (exact) mass is 375 g/mol. The lowest BCUT2D eigenvalue weighted by molar-refractivity contribution is -0.124. The van der Waals surface area contributed by atoms with Crippen LogP contribution in [0, 0.1) is 0 Å². The predicted molar refractivity (Wildman–Crippen MR) is 109 cm³/mol. The predicted octanol–water partition coefficient (Wildman–Crippen LogP) is 5.40. The zero-order valence-electron chi connectivity index (χ0n) is 14.9. The second-order valence-corrected chi connectivity index (χ2v) is 8.43. The van der Waals surface area contributed by atoms with Gasteiger partial charge >= 0.3 is 0 Å². The summed E-state index contributed by atoms with van der Waals surface area (Å²) in [6, 6.07) is 8.19. The Morgan fingerprint density at radius 2 is 1.96 bits per heavy atom. The van der Waals surface area contributed by atoms with Crippen molar-refractivity contribution >= 4 is 40.3 Å². The fourth-order valence-electron chi connectivity index (χ4n) is 3.24. The molecule has 2 fully saturated rings. The van der Waals surface area contributed by atoms with E-state index in [1.807, 2.05) is 35.2 Å². The molecule has 25 heavy (non-hydrogen) atoms. The van der Waals surface area contributed by atoms with Crippen LogP contribution in [0.25, 0.3) is 6.08 Å². The minimum absolute atomic E-state index is 0.0711. The number of ether oxygens (including phenoxy) is 1. The van der Waals surface area contributed by atoms with Gasteiger partial charge in [0.1, 0.15) is 10.1 Å². The van der Waals surface area contributed by atoms with Gasteiger partial charge in [-0.25, -0.2) is 0 Å². The number of rotatable bonds is 5. The van der Waals surface area contributed by atoms with E-state index in [1.54, 1.807) is 0 Å². The highest BCUT2D eigenvalue weighted by Crippen LogP contribution is 2.37. The van der Waals surface area contributed by atoms with E-state index >= 15 is 0 Å². The highest BCUT2D eigenvalue weighted by atomic mass is 32.2. The van der Waals surface area contributed by atoms with Gasteiger partial charge in [-0.05, 0) is 50.0 Å². The number of thiocarbonyl (C=S) groups is 1. The summed E-state index contributed by atoms with van der Waals surface area (Å²) in [5.74, 6) is 0.933. The van der Waals surface area contributed by atoms with Crippen LogP contribution in [0.5, 0.6) is 5.75 Å². The van der Waals surface area contributed by atoms with E-state index in [-0.39, 0.29) is 12.0 Å². The Kier molecular flexibility index (Phi) is 6.18. The van der Waals surface area contributed by atoms with Crippen molar-refractivity contribution in [3.8, 4) is 5.75 Å². The van der Waals surface area contributed by atoms with Crippen molar-refractivity contribution in [2.24, 2.45) is 0 Å². The maximum atomic E-state index is 12.8. The Hall–Kier alpha value is -1.33. The van der Waals surface area contributed by atoms with Crippen LogP contribution in [-0.4, -0.2) is 27.3 Å². The third-order valence-electron chi connectivity index (χ3n) is 4.85. The molecule has 0 unspecified atom stereocenters. The fraction of sp³-hybridized carbons (Fsp3) is 0.500.